The van der Waals surface area contributed by atoms with E-state index < -0.39 is 17.9 Å². The number of anilines is 1. The SMILES string of the molecule is Cc1cc(-c2c(OCc3nccc4nn(C)cc34)nc(N)nc2-c2ccc(F)cc2)cc(C(F)F)n1. The van der Waals surface area contributed by atoms with E-state index in [1.165, 1.54) is 30.3 Å². The van der Waals surface area contributed by atoms with Crippen LogP contribution in [0.15, 0.2) is 54.9 Å². The summed E-state index contributed by atoms with van der Waals surface area (Å²) in [6.07, 6.45) is 0.653. The highest BCUT2D eigenvalue weighted by Crippen LogP contribution is 2.39. The number of pyridine rings is 2. The van der Waals surface area contributed by atoms with Gasteiger partial charge in [0.2, 0.25) is 11.8 Å². The molecular weight excluding hydrogens is 471 g/mol. The molecule has 182 valence electrons. The van der Waals surface area contributed by atoms with Crippen molar-refractivity contribution < 1.29 is 17.9 Å². The van der Waals surface area contributed by atoms with Crippen molar-refractivity contribution >= 4 is 16.9 Å². The Morgan fingerprint density at radius 1 is 1.03 bits per heavy atom. The van der Waals surface area contributed by atoms with E-state index in [0.717, 1.165) is 10.9 Å². The first-order valence-electron chi connectivity index (χ1n) is 10.9. The van der Waals surface area contributed by atoms with Gasteiger partial charge in [-0.3, -0.25) is 14.6 Å². The van der Waals surface area contributed by atoms with Gasteiger partial charge in [0.15, 0.2) is 0 Å². The first-order chi connectivity index (χ1) is 17.3. The number of hydrogen-bond acceptors (Lipinski definition) is 7. The van der Waals surface area contributed by atoms with E-state index in [1.54, 1.807) is 37.0 Å². The number of nitrogen functional groups attached to an aromatic ring is 1. The molecule has 0 saturated heterocycles. The molecule has 2 N–H and O–H groups in total. The largest absolute Gasteiger partial charge is 0.471 e. The van der Waals surface area contributed by atoms with Gasteiger partial charge in [-0.15, -0.1) is 0 Å². The van der Waals surface area contributed by atoms with Crippen LogP contribution in [0.25, 0.3) is 33.3 Å². The number of rotatable bonds is 6. The van der Waals surface area contributed by atoms with E-state index in [-0.39, 0.29) is 18.4 Å². The molecular formula is C25H20F3N7O. The lowest BCUT2D eigenvalue weighted by Gasteiger charge is -2.16. The zero-order chi connectivity index (χ0) is 25.4. The number of nitrogens with two attached hydrogens (primary N) is 1. The van der Waals surface area contributed by atoms with Gasteiger partial charge >= 0.3 is 0 Å². The van der Waals surface area contributed by atoms with Crippen molar-refractivity contribution in [3.63, 3.8) is 0 Å². The Bertz CT molecular complexity index is 1570. The van der Waals surface area contributed by atoms with Crippen LogP contribution < -0.4 is 10.5 Å². The standard InChI is InChI=1S/C25H20F3N7O/c1-13-9-15(10-19(31-13)23(27)28)21-22(14-3-5-16(26)6-4-14)32-25(29)33-24(21)36-12-20-17-11-35(2)34-18(17)7-8-30-20/h3-11,23H,12H2,1-2H3,(H2,29,32,33). The maximum atomic E-state index is 13.6. The maximum Gasteiger partial charge on any atom is 0.280 e. The van der Waals surface area contributed by atoms with E-state index in [4.69, 9.17) is 10.5 Å². The van der Waals surface area contributed by atoms with E-state index in [0.29, 0.717) is 33.8 Å². The molecule has 0 fully saturated rings. The second kappa shape index (κ2) is 9.25. The normalized spacial score (nSPS) is 11.4. The molecule has 0 aliphatic rings. The molecule has 11 heteroatoms. The van der Waals surface area contributed by atoms with Gasteiger partial charge in [-0.1, -0.05) is 0 Å². The highest BCUT2D eigenvalue weighted by atomic mass is 19.3. The van der Waals surface area contributed by atoms with Crippen LogP contribution in [0, 0.1) is 12.7 Å². The number of aromatic nitrogens is 6. The van der Waals surface area contributed by atoms with Crippen LogP contribution in [-0.4, -0.2) is 29.7 Å². The third kappa shape index (κ3) is 4.54. The first kappa shape index (κ1) is 23.2. The average molecular weight is 491 g/mol. The molecule has 1 aromatic carbocycles. The molecule has 0 atom stereocenters. The third-order valence-corrected chi connectivity index (χ3v) is 5.47. The fraction of sp³-hybridized carbons (Fsp3) is 0.160. The molecule has 0 saturated carbocycles. The fourth-order valence-electron chi connectivity index (χ4n) is 3.96. The summed E-state index contributed by atoms with van der Waals surface area (Å²) in [5, 5.41) is 5.17. The van der Waals surface area contributed by atoms with Crippen LogP contribution in [0.2, 0.25) is 0 Å². The summed E-state index contributed by atoms with van der Waals surface area (Å²) in [5.74, 6) is -0.468. The van der Waals surface area contributed by atoms with Gasteiger partial charge in [0.05, 0.1) is 22.5 Å². The third-order valence-electron chi connectivity index (χ3n) is 5.47. The number of hydrogen-bond donors (Lipinski definition) is 1. The van der Waals surface area contributed by atoms with Crippen LogP contribution in [0.5, 0.6) is 5.88 Å². The van der Waals surface area contributed by atoms with Crippen LogP contribution >= 0.6 is 0 Å². The Labute approximate surface area is 203 Å². The van der Waals surface area contributed by atoms with Gasteiger partial charge in [0.25, 0.3) is 6.43 Å². The molecule has 0 aliphatic heterocycles. The van der Waals surface area contributed by atoms with E-state index in [9.17, 15) is 13.2 Å². The Morgan fingerprint density at radius 3 is 2.56 bits per heavy atom. The summed E-state index contributed by atoms with van der Waals surface area (Å²) < 4.78 is 48.6. The highest BCUT2D eigenvalue weighted by Gasteiger charge is 2.22. The van der Waals surface area contributed by atoms with Crippen LogP contribution in [-0.2, 0) is 13.7 Å². The summed E-state index contributed by atoms with van der Waals surface area (Å²) in [6, 6.07) is 10.2. The summed E-state index contributed by atoms with van der Waals surface area (Å²) in [4.78, 5) is 16.9. The minimum absolute atomic E-state index is 0.00111. The monoisotopic (exact) mass is 491 g/mol. The van der Waals surface area contributed by atoms with Gasteiger partial charge in [-0.05, 0) is 55.0 Å². The second-order valence-corrected chi connectivity index (χ2v) is 8.12. The van der Waals surface area contributed by atoms with Crippen molar-refractivity contribution in [3.05, 3.63) is 77.8 Å². The number of aryl methyl sites for hydroxylation is 2. The molecule has 0 radical (unpaired) electrons. The topological polar surface area (TPSA) is 105 Å². The quantitative estimate of drug-likeness (QED) is 0.355. The second-order valence-electron chi connectivity index (χ2n) is 8.12. The summed E-state index contributed by atoms with van der Waals surface area (Å²) in [6.45, 7) is 1.61. The molecule has 36 heavy (non-hydrogen) atoms. The molecule has 0 amide bonds. The number of ether oxygens (including phenoxy) is 1. The number of benzene rings is 1. The lowest BCUT2D eigenvalue weighted by Crippen LogP contribution is -2.07. The predicted molar refractivity (Wildman–Crippen MR) is 128 cm³/mol. The molecule has 0 bridgehead atoms. The van der Waals surface area contributed by atoms with Crippen molar-refractivity contribution in [1.82, 2.24) is 29.7 Å². The van der Waals surface area contributed by atoms with Gasteiger partial charge in [0, 0.05) is 36.1 Å². The first-order valence-corrected chi connectivity index (χ1v) is 10.9. The Hall–Kier alpha value is -4.54. The van der Waals surface area contributed by atoms with Crippen molar-refractivity contribution in [3.8, 4) is 28.3 Å². The zero-order valence-electron chi connectivity index (χ0n) is 19.3. The Kier molecular flexibility index (Phi) is 5.96. The van der Waals surface area contributed by atoms with Gasteiger partial charge in [-0.2, -0.15) is 10.1 Å². The molecule has 0 spiro atoms. The van der Waals surface area contributed by atoms with Crippen molar-refractivity contribution in [1.29, 1.82) is 0 Å². The van der Waals surface area contributed by atoms with Crippen LogP contribution in [0.3, 0.4) is 0 Å². The summed E-state index contributed by atoms with van der Waals surface area (Å²) in [5.41, 5.74) is 8.81. The van der Waals surface area contributed by atoms with Crippen LogP contribution in [0.1, 0.15) is 23.5 Å². The van der Waals surface area contributed by atoms with Gasteiger partial charge in [-0.25, -0.2) is 18.2 Å². The van der Waals surface area contributed by atoms with E-state index in [1.807, 2.05) is 6.20 Å². The minimum atomic E-state index is -2.79. The molecule has 5 aromatic rings. The molecule has 0 unspecified atom stereocenters. The van der Waals surface area contributed by atoms with Crippen molar-refractivity contribution in [2.24, 2.45) is 7.05 Å². The number of alkyl halides is 2. The van der Waals surface area contributed by atoms with Crippen molar-refractivity contribution in [2.45, 2.75) is 20.0 Å². The van der Waals surface area contributed by atoms with Gasteiger partial charge < -0.3 is 10.5 Å². The number of halogens is 3. The average Bonchev–Trinajstić information content (AvgIpc) is 3.23. The predicted octanol–water partition coefficient (Wildman–Crippen LogP) is 5.03. The highest BCUT2D eigenvalue weighted by molar-refractivity contribution is 5.85. The molecule has 0 aliphatic carbocycles. The molecule has 4 aromatic heterocycles. The number of fused-ring (bicyclic) bond motifs is 1. The van der Waals surface area contributed by atoms with Gasteiger partial charge in [0.1, 0.15) is 18.1 Å². The Morgan fingerprint density at radius 2 is 1.81 bits per heavy atom. The molecule has 8 nitrogen and oxygen atoms in total. The smallest absolute Gasteiger partial charge is 0.280 e. The van der Waals surface area contributed by atoms with Crippen molar-refractivity contribution in [2.75, 3.05) is 5.73 Å². The number of nitrogens with zero attached hydrogens (tertiary/aromatic N) is 6. The summed E-state index contributed by atoms with van der Waals surface area (Å²) in [7, 11) is 1.80. The zero-order valence-corrected chi connectivity index (χ0v) is 19.3. The summed E-state index contributed by atoms with van der Waals surface area (Å²) >= 11 is 0. The lowest BCUT2D eigenvalue weighted by molar-refractivity contribution is 0.146. The maximum absolute atomic E-state index is 13.6. The van der Waals surface area contributed by atoms with Crippen LogP contribution in [0.4, 0.5) is 19.1 Å². The van der Waals surface area contributed by atoms with E-state index >= 15 is 0 Å². The van der Waals surface area contributed by atoms with E-state index in [2.05, 4.69) is 25.0 Å². The molecule has 5 rings (SSSR count). The molecule has 4 heterocycles. The fourth-order valence-corrected chi connectivity index (χ4v) is 3.96. The minimum Gasteiger partial charge on any atom is -0.471 e. The lowest BCUT2D eigenvalue weighted by atomic mass is 9.99. The Balaban J connectivity index is 1.67.